The lowest BCUT2D eigenvalue weighted by Crippen LogP contribution is -2.15. The van der Waals surface area contributed by atoms with Gasteiger partial charge in [-0.05, 0) is 54.3 Å². The first-order valence-corrected chi connectivity index (χ1v) is 11.8. The van der Waals surface area contributed by atoms with Crippen LogP contribution < -0.4 is 4.74 Å². The monoisotopic (exact) mass is 494 g/mol. The van der Waals surface area contributed by atoms with Crippen molar-refractivity contribution in [3.63, 3.8) is 0 Å². The minimum absolute atomic E-state index is 0.338. The topological polar surface area (TPSA) is 108 Å². The average molecular weight is 495 g/mol. The van der Waals surface area contributed by atoms with Crippen LogP contribution in [0.4, 0.5) is 10.5 Å². The smallest absolute Gasteiger partial charge is 0.434 e. The van der Waals surface area contributed by atoms with Crippen LogP contribution in [0.5, 0.6) is 5.75 Å². The summed E-state index contributed by atoms with van der Waals surface area (Å²) in [6, 6.07) is 13.0. The zero-order valence-corrected chi connectivity index (χ0v) is 20.8. The lowest BCUT2D eigenvalue weighted by atomic mass is 10.1. The molecule has 0 spiro atoms. The number of hydrogen-bond donors (Lipinski definition) is 0. The number of amides is 1. The van der Waals surface area contributed by atoms with Crippen LogP contribution in [0, 0.1) is 6.92 Å². The molecule has 0 radical (unpaired) electrons. The first-order chi connectivity index (χ1) is 17.0. The van der Waals surface area contributed by atoms with Gasteiger partial charge in [0.15, 0.2) is 0 Å². The summed E-state index contributed by atoms with van der Waals surface area (Å²) in [5, 5.41) is 4.33. The molecule has 10 heteroatoms. The molecule has 0 atom stereocenters. The molecule has 0 saturated carbocycles. The van der Waals surface area contributed by atoms with Crippen molar-refractivity contribution in [3.05, 3.63) is 72.1 Å². The van der Waals surface area contributed by atoms with Gasteiger partial charge in [-0.3, -0.25) is 0 Å². The van der Waals surface area contributed by atoms with Crippen molar-refractivity contribution in [1.82, 2.24) is 10.1 Å². The molecule has 182 valence electrons. The second kappa shape index (κ2) is 12.6. The van der Waals surface area contributed by atoms with Gasteiger partial charge in [-0.1, -0.05) is 17.8 Å². The maximum Gasteiger partial charge on any atom is 0.434 e. The zero-order chi connectivity index (χ0) is 25.2. The summed E-state index contributed by atoms with van der Waals surface area (Å²) in [7, 11) is 2.89. The Hall–Kier alpha value is -3.76. The molecule has 1 amide bonds. The standard InChI is InChI=1S/C25H26N4O5S/c1-6-11-33-21-13-17(15-31-3)12-19(14-21)22(24(35-5)28-25(30)32-4)27-20-9-7-18(8-10-20)23-26-16(2)34-29-23/h6-10,12-14H,1,11,15H2,2-5H3/b27-22+,28-24-. The lowest BCUT2D eigenvalue weighted by Gasteiger charge is -2.13. The van der Waals surface area contributed by atoms with Crippen molar-refractivity contribution in [2.75, 3.05) is 27.1 Å². The van der Waals surface area contributed by atoms with Crippen molar-refractivity contribution < 1.29 is 23.5 Å². The molecule has 0 saturated heterocycles. The van der Waals surface area contributed by atoms with Gasteiger partial charge in [0.1, 0.15) is 23.1 Å². The number of ether oxygens (including phenoxy) is 3. The van der Waals surface area contributed by atoms with Crippen molar-refractivity contribution in [3.8, 4) is 17.1 Å². The molecule has 0 aliphatic heterocycles. The largest absolute Gasteiger partial charge is 0.490 e. The minimum atomic E-state index is -0.721. The third-order valence-corrected chi connectivity index (χ3v) is 5.25. The van der Waals surface area contributed by atoms with Crippen LogP contribution in [0.1, 0.15) is 17.0 Å². The molecule has 3 rings (SSSR count). The fourth-order valence-corrected chi connectivity index (χ4v) is 3.60. The quantitative estimate of drug-likeness (QED) is 0.221. The van der Waals surface area contributed by atoms with E-state index in [4.69, 9.17) is 23.7 Å². The molecule has 0 aliphatic rings. The highest BCUT2D eigenvalue weighted by Crippen LogP contribution is 2.25. The average Bonchev–Trinajstić information content (AvgIpc) is 3.31. The van der Waals surface area contributed by atoms with Crippen molar-refractivity contribution in [1.29, 1.82) is 0 Å². The lowest BCUT2D eigenvalue weighted by molar-refractivity contribution is 0.182. The Bertz CT molecular complexity index is 1230. The number of aryl methyl sites for hydroxylation is 1. The van der Waals surface area contributed by atoms with E-state index in [1.807, 2.05) is 48.7 Å². The van der Waals surface area contributed by atoms with Gasteiger partial charge in [0.2, 0.25) is 11.7 Å². The SMILES string of the molecule is C=CCOc1cc(COC)cc(C(=N\c2ccc(-c3noc(C)n3)cc2)/C(=N/C(=O)OC)SC)c1. The Morgan fingerprint density at radius 2 is 1.97 bits per heavy atom. The molecule has 0 N–H and O–H groups in total. The summed E-state index contributed by atoms with van der Waals surface area (Å²) < 4.78 is 20.9. The summed E-state index contributed by atoms with van der Waals surface area (Å²) in [5.41, 5.74) is 3.48. The molecule has 9 nitrogen and oxygen atoms in total. The van der Waals surface area contributed by atoms with Gasteiger partial charge < -0.3 is 18.7 Å². The van der Waals surface area contributed by atoms with E-state index in [9.17, 15) is 4.79 Å². The third-order valence-electron chi connectivity index (χ3n) is 4.58. The van der Waals surface area contributed by atoms with Gasteiger partial charge in [0, 0.05) is 25.2 Å². The molecule has 1 aromatic heterocycles. The number of carbonyl (C=O) groups excluding carboxylic acids is 1. The van der Waals surface area contributed by atoms with E-state index in [-0.39, 0.29) is 0 Å². The number of rotatable bonds is 9. The van der Waals surface area contributed by atoms with Crippen molar-refractivity contribution in [2.24, 2.45) is 9.98 Å². The number of benzene rings is 2. The summed E-state index contributed by atoms with van der Waals surface area (Å²) >= 11 is 1.28. The van der Waals surface area contributed by atoms with Crippen LogP contribution in [0.3, 0.4) is 0 Å². The maximum atomic E-state index is 12.0. The number of aliphatic imine (C=N–C) groups is 2. The number of carbonyl (C=O) groups is 1. The highest BCUT2D eigenvalue weighted by molar-refractivity contribution is 8.15. The van der Waals surface area contributed by atoms with Crippen LogP contribution in [0.15, 0.2) is 69.6 Å². The van der Waals surface area contributed by atoms with Crippen molar-refractivity contribution in [2.45, 2.75) is 13.5 Å². The molecule has 0 aliphatic carbocycles. The Balaban J connectivity index is 2.11. The summed E-state index contributed by atoms with van der Waals surface area (Å²) in [6.45, 7) is 6.14. The molecule has 0 unspecified atom stereocenters. The van der Waals surface area contributed by atoms with E-state index in [2.05, 4.69) is 21.7 Å². The molecular formula is C25H26N4O5S. The fourth-order valence-electron chi connectivity index (χ4n) is 3.08. The summed E-state index contributed by atoms with van der Waals surface area (Å²) in [6.07, 6.45) is 2.75. The normalized spacial score (nSPS) is 11.9. The number of hydrogen-bond acceptors (Lipinski definition) is 9. The molecule has 2 aromatic carbocycles. The molecule has 0 bridgehead atoms. The second-order valence-electron chi connectivity index (χ2n) is 7.13. The van der Waals surface area contributed by atoms with Crippen molar-refractivity contribution >= 4 is 34.3 Å². The van der Waals surface area contributed by atoms with Crippen LogP contribution in [-0.4, -0.2) is 54.1 Å². The van der Waals surface area contributed by atoms with Crippen LogP contribution in [0.25, 0.3) is 11.4 Å². The van der Waals surface area contributed by atoms with Gasteiger partial charge in [-0.15, -0.1) is 11.8 Å². The number of nitrogens with zero attached hydrogens (tertiary/aromatic N) is 4. The Morgan fingerprint density at radius 3 is 2.57 bits per heavy atom. The maximum absolute atomic E-state index is 12.0. The Morgan fingerprint density at radius 1 is 1.20 bits per heavy atom. The van der Waals surface area contributed by atoms with Crippen LogP contribution in [-0.2, 0) is 16.1 Å². The van der Waals surface area contributed by atoms with E-state index in [0.717, 1.165) is 11.1 Å². The molecule has 35 heavy (non-hydrogen) atoms. The van der Waals surface area contributed by atoms with E-state index < -0.39 is 6.09 Å². The van der Waals surface area contributed by atoms with Gasteiger partial charge in [-0.25, -0.2) is 9.79 Å². The van der Waals surface area contributed by atoms with Gasteiger partial charge in [-0.2, -0.15) is 9.98 Å². The molecule has 1 heterocycles. The number of aromatic nitrogens is 2. The zero-order valence-electron chi connectivity index (χ0n) is 20.0. The Kier molecular flexibility index (Phi) is 9.33. The van der Waals surface area contributed by atoms with Gasteiger partial charge >= 0.3 is 6.09 Å². The second-order valence-corrected chi connectivity index (χ2v) is 7.93. The van der Waals surface area contributed by atoms with Crippen LogP contribution in [0.2, 0.25) is 0 Å². The predicted molar refractivity (Wildman–Crippen MR) is 137 cm³/mol. The Labute approximate surface area is 207 Å². The predicted octanol–water partition coefficient (Wildman–Crippen LogP) is 5.40. The molecular weight excluding hydrogens is 468 g/mol. The van der Waals surface area contributed by atoms with E-state index in [0.29, 0.717) is 52.7 Å². The highest BCUT2D eigenvalue weighted by atomic mass is 32.2. The van der Waals surface area contributed by atoms with Gasteiger partial charge in [0.05, 0.1) is 19.4 Å². The minimum Gasteiger partial charge on any atom is -0.490 e. The first-order valence-electron chi connectivity index (χ1n) is 10.5. The van der Waals surface area contributed by atoms with Crippen LogP contribution >= 0.6 is 11.8 Å². The third kappa shape index (κ3) is 7.11. The van der Waals surface area contributed by atoms with E-state index in [1.165, 1.54) is 18.9 Å². The van der Waals surface area contributed by atoms with Gasteiger partial charge in [0.25, 0.3) is 0 Å². The highest BCUT2D eigenvalue weighted by Gasteiger charge is 2.17. The summed E-state index contributed by atoms with van der Waals surface area (Å²) in [4.78, 5) is 25.2. The van der Waals surface area contributed by atoms with E-state index in [1.54, 1.807) is 20.1 Å². The van der Waals surface area contributed by atoms with E-state index >= 15 is 0 Å². The first kappa shape index (κ1) is 25.9. The fraction of sp³-hybridized carbons (Fsp3) is 0.240. The molecule has 3 aromatic rings. The summed E-state index contributed by atoms with van der Waals surface area (Å²) in [5.74, 6) is 1.59. The number of thioether (sulfide) groups is 1. The number of methoxy groups -OCH3 is 2. The molecule has 0 fully saturated rings.